The van der Waals surface area contributed by atoms with Crippen molar-refractivity contribution in [1.29, 1.82) is 0 Å². The number of anilines is 1. The average Bonchev–Trinajstić information content (AvgIpc) is 3.60. The molecule has 1 atom stereocenters. The second-order valence-corrected chi connectivity index (χ2v) is 14.3. The van der Waals surface area contributed by atoms with Crippen LogP contribution in [0.15, 0.2) is 108 Å². The zero-order chi connectivity index (χ0) is 34.3. The molecule has 1 aliphatic carbocycles. The first kappa shape index (κ1) is 34.9. The maximum absolute atomic E-state index is 14.6. The lowest BCUT2D eigenvalue weighted by Gasteiger charge is -2.34. The third-order valence-corrected chi connectivity index (χ3v) is 10.6. The number of rotatable bonds is 13. The summed E-state index contributed by atoms with van der Waals surface area (Å²) < 4.78 is 29.1. The van der Waals surface area contributed by atoms with E-state index >= 15 is 0 Å². The van der Waals surface area contributed by atoms with E-state index in [2.05, 4.69) is 5.32 Å². The van der Waals surface area contributed by atoms with Gasteiger partial charge in [-0.25, -0.2) is 8.42 Å². The number of nitrogens with zero attached hydrogens (tertiary/aromatic N) is 3. The standard InChI is InChI=1S/C35H34Cl2N4O6S/c36-27-19-18-26(32(37)21-27)23-39(33(20-25-10-3-1-4-11-25)35(43)38-28-12-7-8-13-28)34(42)24-40(29-14-9-15-30(22-29)41(44)45)48(46,47)31-16-5-2-6-17-31/h1-6,9-11,14-19,21-22,28,33H,7-8,12-13,20,23-24H2,(H,38,43). The van der Waals surface area contributed by atoms with Gasteiger partial charge in [0.05, 0.1) is 15.5 Å². The summed E-state index contributed by atoms with van der Waals surface area (Å²) in [6.07, 6.45) is 3.73. The summed E-state index contributed by atoms with van der Waals surface area (Å²) in [4.78, 5) is 41.0. The molecule has 4 aromatic carbocycles. The SMILES string of the molecule is O=C(NC1CCCC1)C(Cc1ccccc1)N(Cc1ccc(Cl)cc1Cl)C(=O)CN(c1cccc([N+](=O)[O-])c1)S(=O)(=O)c1ccccc1. The Morgan fingerprint density at radius 2 is 1.56 bits per heavy atom. The number of carbonyl (C=O) groups excluding carboxylic acids is 2. The lowest BCUT2D eigenvalue weighted by Crippen LogP contribution is -2.54. The van der Waals surface area contributed by atoms with Gasteiger partial charge in [-0.15, -0.1) is 0 Å². The second kappa shape index (κ2) is 15.6. The molecule has 0 aliphatic heterocycles. The molecule has 0 bridgehead atoms. The molecule has 48 heavy (non-hydrogen) atoms. The Labute approximate surface area is 289 Å². The number of halogens is 2. The number of nitro benzene ring substituents is 1. The van der Waals surface area contributed by atoms with Crippen molar-refractivity contribution in [3.05, 3.63) is 134 Å². The summed E-state index contributed by atoms with van der Waals surface area (Å²) in [5.41, 5.74) is 0.849. The van der Waals surface area contributed by atoms with Crippen LogP contribution in [0.25, 0.3) is 0 Å². The minimum Gasteiger partial charge on any atom is -0.352 e. The fourth-order valence-electron chi connectivity index (χ4n) is 5.77. The van der Waals surface area contributed by atoms with Gasteiger partial charge in [-0.2, -0.15) is 0 Å². The normalized spacial score (nSPS) is 13.9. The van der Waals surface area contributed by atoms with Gasteiger partial charge in [-0.05, 0) is 54.3 Å². The minimum absolute atomic E-state index is 0.0494. The molecule has 0 radical (unpaired) electrons. The second-order valence-electron chi connectivity index (χ2n) is 11.6. The summed E-state index contributed by atoms with van der Waals surface area (Å²) in [5.74, 6) is -1.09. The summed E-state index contributed by atoms with van der Waals surface area (Å²) in [6, 6.07) is 25.5. The van der Waals surface area contributed by atoms with E-state index in [1.165, 1.54) is 41.3 Å². The number of hydrogen-bond donors (Lipinski definition) is 1. The first-order chi connectivity index (χ1) is 23.0. The van der Waals surface area contributed by atoms with Gasteiger partial charge in [0.1, 0.15) is 12.6 Å². The molecule has 10 nitrogen and oxygen atoms in total. The van der Waals surface area contributed by atoms with Crippen LogP contribution in [0.3, 0.4) is 0 Å². The minimum atomic E-state index is -4.42. The quantitative estimate of drug-likeness (QED) is 0.120. The van der Waals surface area contributed by atoms with Gasteiger partial charge >= 0.3 is 0 Å². The third kappa shape index (κ3) is 8.52. The molecule has 0 spiro atoms. The maximum Gasteiger partial charge on any atom is 0.271 e. The number of carbonyl (C=O) groups is 2. The van der Waals surface area contributed by atoms with Crippen molar-refractivity contribution in [2.75, 3.05) is 10.8 Å². The molecule has 1 N–H and O–H groups in total. The molecule has 1 unspecified atom stereocenters. The molecule has 13 heteroatoms. The Kier molecular flexibility index (Phi) is 11.4. The van der Waals surface area contributed by atoms with Crippen molar-refractivity contribution in [2.45, 2.75) is 55.6 Å². The van der Waals surface area contributed by atoms with Crippen LogP contribution in [0.4, 0.5) is 11.4 Å². The van der Waals surface area contributed by atoms with Crippen LogP contribution in [0.5, 0.6) is 0 Å². The Morgan fingerprint density at radius 1 is 0.896 bits per heavy atom. The Balaban J connectivity index is 1.60. The number of non-ortho nitro benzene ring substituents is 1. The van der Waals surface area contributed by atoms with Crippen LogP contribution in [0, 0.1) is 10.1 Å². The van der Waals surface area contributed by atoms with Crippen molar-refractivity contribution >= 4 is 56.4 Å². The molecule has 2 amide bonds. The average molecular weight is 710 g/mol. The summed E-state index contributed by atoms with van der Waals surface area (Å²) in [5, 5.41) is 15.4. The fraction of sp³-hybridized carbons (Fsp3) is 0.257. The molecule has 1 saturated carbocycles. The van der Waals surface area contributed by atoms with E-state index in [9.17, 15) is 28.1 Å². The summed E-state index contributed by atoms with van der Waals surface area (Å²) in [6.45, 7) is -0.899. The van der Waals surface area contributed by atoms with Crippen molar-refractivity contribution in [3.63, 3.8) is 0 Å². The highest BCUT2D eigenvalue weighted by Gasteiger charge is 2.36. The number of hydrogen-bond acceptors (Lipinski definition) is 6. The van der Waals surface area contributed by atoms with Crippen molar-refractivity contribution in [1.82, 2.24) is 10.2 Å². The van der Waals surface area contributed by atoms with E-state index in [0.717, 1.165) is 41.6 Å². The molecule has 250 valence electrons. The smallest absolute Gasteiger partial charge is 0.271 e. The molecule has 1 aliphatic rings. The van der Waals surface area contributed by atoms with Crippen LogP contribution in [0.1, 0.15) is 36.8 Å². The maximum atomic E-state index is 14.6. The van der Waals surface area contributed by atoms with Gasteiger partial charge in [-0.3, -0.25) is 24.0 Å². The molecule has 0 aromatic heterocycles. The number of nitrogens with one attached hydrogen (secondary N) is 1. The molecular weight excluding hydrogens is 675 g/mol. The van der Waals surface area contributed by atoms with Gasteiger partial charge in [-0.1, -0.05) is 96.7 Å². The van der Waals surface area contributed by atoms with Crippen molar-refractivity contribution in [3.8, 4) is 0 Å². The topological polar surface area (TPSA) is 130 Å². The van der Waals surface area contributed by atoms with E-state index in [4.69, 9.17) is 23.2 Å². The largest absolute Gasteiger partial charge is 0.352 e. The highest BCUT2D eigenvalue weighted by Crippen LogP contribution is 2.29. The Morgan fingerprint density at radius 3 is 2.21 bits per heavy atom. The highest BCUT2D eigenvalue weighted by atomic mass is 35.5. The molecule has 4 aromatic rings. The molecule has 1 fully saturated rings. The van der Waals surface area contributed by atoms with Gasteiger partial charge in [0.25, 0.3) is 15.7 Å². The van der Waals surface area contributed by atoms with Gasteiger partial charge in [0.2, 0.25) is 11.8 Å². The molecule has 5 rings (SSSR count). The van der Waals surface area contributed by atoms with Crippen LogP contribution >= 0.6 is 23.2 Å². The van der Waals surface area contributed by atoms with Gasteiger partial charge in [0, 0.05) is 41.2 Å². The fourth-order valence-corrected chi connectivity index (χ4v) is 7.66. The zero-order valence-electron chi connectivity index (χ0n) is 25.9. The van der Waals surface area contributed by atoms with Crippen LogP contribution in [-0.2, 0) is 32.6 Å². The number of sulfonamides is 1. The summed E-state index contributed by atoms with van der Waals surface area (Å²) in [7, 11) is -4.42. The number of amides is 2. The zero-order valence-corrected chi connectivity index (χ0v) is 28.2. The van der Waals surface area contributed by atoms with Crippen molar-refractivity contribution < 1.29 is 22.9 Å². The van der Waals surface area contributed by atoms with Crippen LogP contribution in [0.2, 0.25) is 10.0 Å². The Bertz CT molecular complexity index is 1870. The lowest BCUT2D eigenvalue weighted by molar-refractivity contribution is -0.384. The third-order valence-electron chi connectivity index (χ3n) is 8.27. The lowest BCUT2D eigenvalue weighted by atomic mass is 10.0. The van der Waals surface area contributed by atoms with E-state index in [0.29, 0.717) is 10.6 Å². The monoisotopic (exact) mass is 708 g/mol. The first-order valence-electron chi connectivity index (χ1n) is 15.4. The van der Waals surface area contributed by atoms with E-state index < -0.39 is 33.4 Å². The molecule has 0 saturated heterocycles. The molecular formula is C35H34Cl2N4O6S. The van der Waals surface area contributed by atoms with E-state index in [1.54, 1.807) is 30.3 Å². The number of benzene rings is 4. The van der Waals surface area contributed by atoms with Gasteiger partial charge in [0.15, 0.2) is 0 Å². The Hall–Kier alpha value is -4.45. The van der Waals surface area contributed by atoms with E-state index in [1.807, 2.05) is 30.3 Å². The van der Waals surface area contributed by atoms with Crippen molar-refractivity contribution in [2.24, 2.45) is 0 Å². The summed E-state index contributed by atoms with van der Waals surface area (Å²) >= 11 is 12.7. The first-order valence-corrected chi connectivity index (χ1v) is 17.6. The number of nitro groups is 1. The molecule has 0 heterocycles. The van der Waals surface area contributed by atoms with E-state index in [-0.39, 0.29) is 46.2 Å². The van der Waals surface area contributed by atoms with Crippen LogP contribution < -0.4 is 9.62 Å². The van der Waals surface area contributed by atoms with Gasteiger partial charge < -0.3 is 10.2 Å². The van der Waals surface area contributed by atoms with Crippen LogP contribution in [-0.4, -0.2) is 48.7 Å². The predicted molar refractivity (Wildman–Crippen MR) is 185 cm³/mol. The predicted octanol–water partition coefficient (Wildman–Crippen LogP) is 6.80. The highest BCUT2D eigenvalue weighted by molar-refractivity contribution is 7.92.